The Labute approximate surface area is 182 Å². The molecule has 0 unspecified atom stereocenters. The van der Waals surface area contributed by atoms with Crippen LogP contribution in [0.15, 0.2) is 71.6 Å². The van der Waals surface area contributed by atoms with Crippen LogP contribution in [0.25, 0.3) is 0 Å². The van der Waals surface area contributed by atoms with Crippen LogP contribution in [0.3, 0.4) is 0 Å². The van der Waals surface area contributed by atoms with Gasteiger partial charge in [-0.2, -0.15) is 13.2 Å². The number of hydrogen-bond donors (Lipinski definition) is 2. The highest BCUT2D eigenvalue weighted by molar-refractivity contribution is 7.92. The molecule has 0 spiro atoms. The molecule has 0 saturated carbocycles. The maximum Gasteiger partial charge on any atom is 0.416 e. The molecular weight excluding hydrogens is 448 g/mol. The number of nitrogens with one attached hydrogen (secondary N) is 2. The van der Waals surface area contributed by atoms with Crippen molar-refractivity contribution in [3.8, 4) is 0 Å². The molecule has 0 radical (unpaired) electrons. The Morgan fingerprint density at radius 3 is 2.25 bits per heavy atom. The number of sulfonamides is 1. The van der Waals surface area contributed by atoms with Crippen LogP contribution in [0.2, 0.25) is 0 Å². The fourth-order valence-corrected chi connectivity index (χ4v) is 4.25. The minimum Gasteiger partial charge on any atom is -0.326 e. The zero-order valence-corrected chi connectivity index (χ0v) is 17.5. The van der Waals surface area contributed by atoms with Gasteiger partial charge in [0.2, 0.25) is 5.91 Å². The molecular formula is C22H18F4N2O3S. The first-order valence-electron chi connectivity index (χ1n) is 9.30. The number of para-hydroxylation sites is 1. The Morgan fingerprint density at radius 1 is 0.969 bits per heavy atom. The first-order chi connectivity index (χ1) is 15.0. The normalized spacial score (nSPS) is 11.8. The molecule has 0 aliphatic rings. The minimum atomic E-state index is -4.47. The Morgan fingerprint density at radius 2 is 1.62 bits per heavy atom. The number of hydrogen-bond acceptors (Lipinski definition) is 3. The molecule has 0 heterocycles. The molecule has 3 aromatic rings. The molecule has 5 nitrogen and oxygen atoms in total. The van der Waals surface area contributed by atoms with E-state index in [1.54, 1.807) is 6.92 Å². The summed E-state index contributed by atoms with van der Waals surface area (Å²) in [5.74, 6) is -1.28. The summed E-state index contributed by atoms with van der Waals surface area (Å²) < 4.78 is 79.4. The van der Waals surface area contributed by atoms with Gasteiger partial charge in [-0.15, -0.1) is 0 Å². The number of carbonyl (C=O) groups excluding carboxylic acids is 1. The zero-order chi connectivity index (χ0) is 23.5. The molecule has 2 N–H and O–H groups in total. The standard InChI is InChI=1S/C22H18F4N2O3S/c1-14-6-11-17(13-20(14)32(30,31)28-19-5-3-2-4-18(19)23)27-21(29)12-15-7-9-16(10-8-15)22(24,25)26/h2-11,13,28H,12H2,1H3,(H,27,29). The first-order valence-corrected chi connectivity index (χ1v) is 10.8. The Kier molecular flexibility index (Phi) is 6.54. The van der Waals surface area contributed by atoms with Gasteiger partial charge in [0.1, 0.15) is 5.82 Å². The van der Waals surface area contributed by atoms with Crippen LogP contribution in [0.4, 0.5) is 28.9 Å². The second-order valence-electron chi connectivity index (χ2n) is 6.99. The van der Waals surface area contributed by atoms with E-state index in [0.29, 0.717) is 11.1 Å². The van der Waals surface area contributed by atoms with E-state index in [1.807, 2.05) is 0 Å². The molecule has 0 saturated heterocycles. The highest BCUT2D eigenvalue weighted by atomic mass is 32.2. The van der Waals surface area contributed by atoms with Gasteiger partial charge in [0.25, 0.3) is 10.0 Å². The maximum absolute atomic E-state index is 13.8. The van der Waals surface area contributed by atoms with E-state index in [-0.39, 0.29) is 22.7 Å². The van der Waals surface area contributed by atoms with Gasteiger partial charge < -0.3 is 5.32 Å². The summed E-state index contributed by atoms with van der Waals surface area (Å²) in [5, 5.41) is 2.52. The molecule has 1 amide bonds. The summed E-state index contributed by atoms with van der Waals surface area (Å²) in [6.45, 7) is 1.55. The number of amides is 1. The summed E-state index contributed by atoms with van der Waals surface area (Å²) in [6.07, 6.45) is -4.68. The summed E-state index contributed by atoms with van der Waals surface area (Å²) in [6, 6.07) is 13.6. The van der Waals surface area contributed by atoms with Crippen LogP contribution in [0.1, 0.15) is 16.7 Å². The molecule has 32 heavy (non-hydrogen) atoms. The van der Waals surface area contributed by atoms with Crippen LogP contribution in [0, 0.1) is 12.7 Å². The Hall–Kier alpha value is -3.40. The van der Waals surface area contributed by atoms with Gasteiger partial charge in [0, 0.05) is 5.69 Å². The van der Waals surface area contributed by atoms with Gasteiger partial charge in [-0.05, 0) is 54.4 Å². The van der Waals surface area contributed by atoms with E-state index in [2.05, 4.69) is 10.0 Å². The topological polar surface area (TPSA) is 75.3 Å². The average molecular weight is 466 g/mol. The van der Waals surface area contributed by atoms with Gasteiger partial charge in [-0.1, -0.05) is 30.3 Å². The number of alkyl halides is 3. The van der Waals surface area contributed by atoms with E-state index >= 15 is 0 Å². The van der Waals surface area contributed by atoms with Crippen molar-refractivity contribution < 1.29 is 30.8 Å². The van der Waals surface area contributed by atoms with Crippen LogP contribution >= 0.6 is 0 Å². The van der Waals surface area contributed by atoms with E-state index in [1.165, 1.54) is 48.5 Å². The Balaban J connectivity index is 1.75. The smallest absolute Gasteiger partial charge is 0.326 e. The third-order valence-corrected chi connectivity index (χ3v) is 6.03. The quantitative estimate of drug-likeness (QED) is 0.495. The molecule has 3 rings (SSSR count). The lowest BCUT2D eigenvalue weighted by atomic mass is 10.1. The fourth-order valence-electron chi connectivity index (χ4n) is 2.91. The van der Waals surface area contributed by atoms with Crippen molar-refractivity contribution >= 4 is 27.3 Å². The zero-order valence-electron chi connectivity index (χ0n) is 16.7. The number of benzene rings is 3. The van der Waals surface area contributed by atoms with Gasteiger partial charge in [-0.25, -0.2) is 12.8 Å². The highest BCUT2D eigenvalue weighted by Gasteiger charge is 2.30. The second kappa shape index (κ2) is 8.99. The Bertz CT molecular complexity index is 1240. The summed E-state index contributed by atoms with van der Waals surface area (Å²) in [4.78, 5) is 12.1. The van der Waals surface area contributed by atoms with Gasteiger partial charge in [-0.3, -0.25) is 9.52 Å². The maximum atomic E-state index is 13.8. The van der Waals surface area contributed by atoms with Crippen LogP contribution in [-0.2, 0) is 27.4 Å². The summed E-state index contributed by atoms with van der Waals surface area (Å²) in [7, 11) is -4.15. The predicted molar refractivity (Wildman–Crippen MR) is 112 cm³/mol. The minimum absolute atomic E-state index is 0.159. The third kappa shape index (κ3) is 5.64. The lowest BCUT2D eigenvalue weighted by Crippen LogP contribution is -2.17. The monoisotopic (exact) mass is 466 g/mol. The van der Waals surface area contributed by atoms with Crippen LogP contribution in [-0.4, -0.2) is 14.3 Å². The van der Waals surface area contributed by atoms with Crippen molar-refractivity contribution in [3.05, 3.63) is 89.2 Å². The van der Waals surface area contributed by atoms with Crippen LogP contribution < -0.4 is 10.0 Å². The summed E-state index contributed by atoms with van der Waals surface area (Å²) in [5.41, 5.74) is -0.145. The van der Waals surface area contributed by atoms with Gasteiger partial charge in [0.15, 0.2) is 0 Å². The molecule has 0 fully saturated rings. The lowest BCUT2D eigenvalue weighted by molar-refractivity contribution is -0.137. The predicted octanol–water partition coefficient (Wildman–Crippen LogP) is 5.13. The lowest BCUT2D eigenvalue weighted by Gasteiger charge is -2.13. The van der Waals surface area contributed by atoms with E-state index in [4.69, 9.17) is 0 Å². The van der Waals surface area contributed by atoms with Crippen molar-refractivity contribution in [1.29, 1.82) is 0 Å². The summed E-state index contributed by atoms with van der Waals surface area (Å²) >= 11 is 0. The van der Waals surface area contributed by atoms with Crippen LogP contribution in [0.5, 0.6) is 0 Å². The number of anilines is 2. The van der Waals surface area contributed by atoms with E-state index < -0.39 is 33.5 Å². The fraction of sp³-hybridized carbons (Fsp3) is 0.136. The molecule has 0 aromatic heterocycles. The van der Waals surface area contributed by atoms with Crippen molar-refractivity contribution in [1.82, 2.24) is 0 Å². The molecule has 168 valence electrons. The number of halogens is 4. The van der Waals surface area contributed by atoms with Gasteiger partial charge in [0.05, 0.1) is 22.6 Å². The van der Waals surface area contributed by atoms with E-state index in [9.17, 15) is 30.8 Å². The number of rotatable bonds is 6. The SMILES string of the molecule is Cc1ccc(NC(=O)Cc2ccc(C(F)(F)F)cc2)cc1S(=O)(=O)Nc1ccccc1F. The molecule has 3 aromatic carbocycles. The van der Waals surface area contributed by atoms with Gasteiger partial charge >= 0.3 is 6.18 Å². The first kappa shape index (κ1) is 23.3. The largest absolute Gasteiger partial charge is 0.416 e. The highest BCUT2D eigenvalue weighted by Crippen LogP contribution is 2.29. The molecule has 10 heteroatoms. The molecule has 0 bridgehead atoms. The van der Waals surface area contributed by atoms with Crippen molar-refractivity contribution in [2.24, 2.45) is 0 Å². The van der Waals surface area contributed by atoms with E-state index in [0.717, 1.165) is 18.2 Å². The molecule has 0 atom stereocenters. The van der Waals surface area contributed by atoms with Crippen molar-refractivity contribution in [2.45, 2.75) is 24.4 Å². The third-order valence-electron chi connectivity index (χ3n) is 4.53. The molecule has 0 aliphatic carbocycles. The second-order valence-corrected chi connectivity index (χ2v) is 8.64. The van der Waals surface area contributed by atoms with Crippen molar-refractivity contribution in [3.63, 3.8) is 0 Å². The number of carbonyl (C=O) groups is 1. The molecule has 0 aliphatic heterocycles. The van der Waals surface area contributed by atoms with Crippen molar-refractivity contribution in [2.75, 3.05) is 10.0 Å². The number of aryl methyl sites for hydroxylation is 1. The average Bonchev–Trinajstić information content (AvgIpc) is 2.70.